The molecule has 6 rings (SSSR count). The highest BCUT2D eigenvalue weighted by Crippen LogP contribution is 2.40. The van der Waals surface area contributed by atoms with Crippen LogP contribution < -0.4 is 20.4 Å². The van der Waals surface area contributed by atoms with Crippen molar-refractivity contribution >= 4 is 36.2 Å². The van der Waals surface area contributed by atoms with Crippen molar-refractivity contribution < 1.29 is 28.1 Å². The summed E-state index contributed by atoms with van der Waals surface area (Å²) in [5.41, 5.74) is 4.09. The zero-order valence-electron chi connectivity index (χ0n) is 37.2. The number of ether oxygens (including phenoxy) is 2. The summed E-state index contributed by atoms with van der Waals surface area (Å²) in [6, 6.07) is 20.6. The first-order chi connectivity index (χ1) is 27.7. The number of hydrogen-bond acceptors (Lipinski definition) is 8. The van der Waals surface area contributed by atoms with Gasteiger partial charge in [0.2, 0.25) is 0 Å². The van der Waals surface area contributed by atoms with E-state index in [9.17, 15) is 0 Å². The first-order valence-corrected chi connectivity index (χ1v) is 22.2. The highest BCUT2D eigenvalue weighted by Gasteiger charge is 2.54. The lowest BCUT2D eigenvalue weighted by Crippen LogP contribution is -2.41. The molecule has 3 heterocycles. The fourth-order valence-corrected chi connectivity index (χ4v) is 7.51. The van der Waals surface area contributed by atoms with Gasteiger partial charge in [-0.3, -0.25) is 0 Å². The Morgan fingerprint density at radius 1 is 0.466 bits per heavy atom. The fraction of sp³-hybridized carbons (Fsp3) is 0.583. The van der Waals surface area contributed by atoms with Crippen molar-refractivity contribution in [1.82, 2.24) is 9.97 Å². The van der Waals surface area contributed by atoms with Crippen LogP contribution in [0.5, 0.6) is 11.5 Å². The molecule has 312 valence electrons. The van der Waals surface area contributed by atoms with Gasteiger partial charge in [0, 0.05) is 22.1 Å². The molecule has 0 saturated carbocycles. The monoisotopic (exact) mass is 791 g/mol. The van der Waals surface area contributed by atoms with Crippen LogP contribution in [-0.4, -0.2) is 59.8 Å². The molecule has 0 bridgehead atoms. The molecule has 2 fully saturated rings. The molecule has 2 aliphatic rings. The van der Waals surface area contributed by atoms with Crippen LogP contribution in [0.25, 0.3) is 33.5 Å². The molecule has 1 aromatic heterocycles. The molecule has 0 aliphatic carbocycles. The summed E-state index contributed by atoms with van der Waals surface area (Å²) in [6.45, 7) is 22.4. The molecule has 58 heavy (non-hydrogen) atoms. The molecular formula is C48H68B2N2O6. The van der Waals surface area contributed by atoms with E-state index in [-0.39, 0.29) is 0 Å². The molecular weight excluding hydrogens is 722 g/mol. The van der Waals surface area contributed by atoms with Crippen molar-refractivity contribution in [3.63, 3.8) is 0 Å². The van der Waals surface area contributed by atoms with Crippen molar-refractivity contribution in [1.29, 1.82) is 0 Å². The third-order valence-corrected chi connectivity index (χ3v) is 12.6. The Morgan fingerprint density at radius 2 is 0.810 bits per heavy atom. The van der Waals surface area contributed by atoms with Crippen molar-refractivity contribution in [2.75, 3.05) is 13.2 Å². The van der Waals surface area contributed by atoms with Gasteiger partial charge in [-0.25, -0.2) is 9.97 Å². The van der Waals surface area contributed by atoms with Crippen molar-refractivity contribution in [2.24, 2.45) is 0 Å². The van der Waals surface area contributed by atoms with Crippen molar-refractivity contribution in [3.8, 4) is 34.0 Å². The molecule has 0 N–H and O–H groups in total. The summed E-state index contributed by atoms with van der Waals surface area (Å²) in [5, 5.41) is 0. The Hall–Kier alpha value is -3.43. The highest BCUT2D eigenvalue weighted by atomic mass is 16.7. The number of aromatic nitrogens is 2. The number of benzene rings is 3. The molecule has 8 nitrogen and oxygen atoms in total. The topological polar surface area (TPSA) is 81.2 Å². The van der Waals surface area contributed by atoms with Gasteiger partial charge in [0.25, 0.3) is 0 Å². The lowest BCUT2D eigenvalue weighted by Gasteiger charge is -2.32. The van der Waals surface area contributed by atoms with Gasteiger partial charge in [-0.15, -0.1) is 0 Å². The van der Waals surface area contributed by atoms with E-state index in [1.54, 1.807) is 0 Å². The van der Waals surface area contributed by atoms with Gasteiger partial charge in [0.1, 0.15) is 11.5 Å². The molecule has 0 radical (unpaired) electrons. The van der Waals surface area contributed by atoms with Crippen LogP contribution in [0.2, 0.25) is 0 Å². The summed E-state index contributed by atoms with van der Waals surface area (Å²) in [4.78, 5) is 11.1. The highest BCUT2D eigenvalue weighted by molar-refractivity contribution is 6.68. The Bertz CT molecular complexity index is 1810. The van der Waals surface area contributed by atoms with Gasteiger partial charge in [0.15, 0.2) is 0 Å². The predicted molar refractivity (Wildman–Crippen MR) is 240 cm³/mol. The van der Waals surface area contributed by atoms with E-state index in [2.05, 4.69) is 93.5 Å². The summed E-state index contributed by atoms with van der Waals surface area (Å²) in [5.74, 6) is 1.62. The zero-order chi connectivity index (χ0) is 41.6. The van der Waals surface area contributed by atoms with Gasteiger partial charge in [0.05, 0.1) is 58.0 Å². The lowest BCUT2D eigenvalue weighted by molar-refractivity contribution is 0.00578. The molecule has 0 spiro atoms. The van der Waals surface area contributed by atoms with E-state index >= 15 is 0 Å². The van der Waals surface area contributed by atoms with Crippen LogP contribution in [0.3, 0.4) is 0 Å². The number of hydrogen-bond donors (Lipinski definition) is 0. The van der Waals surface area contributed by atoms with Crippen LogP contribution >= 0.6 is 0 Å². The third-order valence-electron chi connectivity index (χ3n) is 12.6. The largest absolute Gasteiger partial charge is 0.497 e. The maximum atomic E-state index is 6.66. The van der Waals surface area contributed by atoms with E-state index < -0.39 is 36.6 Å². The van der Waals surface area contributed by atoms with Crippen molar-refractivity contribution in [2.45, 2.75) is 169 Å². The van der Waals surface area contributed by atoms with Gasteiger partial charge in [-0.05, 0) is 92.5 Å². The Balaban J connectivity index is 1.44. The standard InChI is InChI=1S/C48H68B2N2O6/c1-11-13-15-17-19-21-31-53-37-27-23-25-35(33-37)41-42(36-26-24-28-38(34-36)54-32-22-20-18-16-14-12-2)52-44-40(50-57-47(7,8)48(9,10)58-50)30-29-39(43(44)51-41)49-55-45(3,4)46(5,6)56-49/h23-30,33-34H,11-22,31-32H2,1-10H3. The van der Waals surface area contributed by atoms with Gasteiger partial charge < -0.3 is 28.1 Å². The van der Waals surface area contributed by atoms with E-state index in [1.165, 1.54) is 64.2 Å². The maximum absolute atomic E-state index is 6.66. The fourth-order valence-electron chi connectivity index (χ4n) is 7.51. The van der Waals surface area contributed by atoms with E-state index in [4.69, 9.17) is 38.1 Å². The summed E-state index contributed by atoms with van der Waals surface area (Å²) in [7, 11) is -1.31. The summed E-state index contributed by atoms with van der Waals surface area (Å²) >= 11 is 0. The maximum Gasteiger partial charge on any atom is 0.497 e. The summed E-state index contributed by atoms with van der Waals surface area (Å²) < 4.78 is 39.3. The molecule has 2 saturated heterocycles. The minimum Gasteiger partial charge on any atom is -0.494 e. The SMILES string of the molecule is CCCCCCCCOc1cccc(-c2nc3c(B4OC(C)(C)C(C)(C)O4)ccc(B4OC(C)(C)C(C)(C)O4)c3nc2-c2cccc(OCCCCCCCC)c2)c1. The Morgan fingerprint density at radius 3 is 1.17 bits per heavy atom. The number of unbranched alkanes of at least 4 members (excludes halogenated alkanes) is 10. The Kier molecular flexibility index (Phi) is 14.4. The van der Waals surface area contributed by atoms with E-state index in [1.807, 2.05) is 36.4 Å². The molecule has 10 heteroatoms. The quantitative estimate of drug-likeness (QED) is 0.0647. The summed E-state index contributed by atoms with van der Waals surface area (Å²) in [6.07, 6.45) is 14.5. The molecule has 0 amide bonds. The van der Waals surface area contributed by atoms with Crippen LogP contribution in [0.15, 0.2) is 60.7 Å². The molecule has 4 aromatic rings. The van der Waals surface area contributed by atoms with Crippen LogP contribution in [0.4, 0.5) is 0 Å². The minimum absolute atomic E-state index is 0.539. The lowest BCUT2D eigenvalue weighted by atomic mass is 9.72. The van der Waals surface area contributed by atoms with Gasteiger partial charge >= 0.3 is 14.2 Å². The van der Waals surface area contributed by atoms with E-state index in [0.29, 0.717) is 24.2 Å². The van der Waals surface area contributed by atoms with Gasteiger partial charge in [-0.1, -0.05) is 114 Å². The van der Waals surface area contributed by atoms with E-state index in [0.717, 1.165) is 57.8 Å². The average molecular weight is 791 g/mol. The minimum atomic E-state index is -0.654. The second kappa shape index (κ2) is 18.9. The molecule has 0 unspecified atom stereocenters. The first kappa shape index (κ1) is 44.1. The molecule has 0 atom stereocenters. The molecule has 2 aliphatic heterocycles. The number of fused-ring (bicyclic) bond motifs is 1. The molecule has 3 aromatic carbocycles. The predicted octanol–water partition coefficient (Wildman–Crippen LogP) is 11.0. The Labute approximate surface area is 349 Å². The number of nitrogens with zero attached hydrogens (tertiary/aromatic N) is 2. The van der Waals surface area contributed by atoms with Crippen LogP contribution in [0, 0.1) is 0 Å². The smallest absolute Gasteiger partial charge is 0.494 e. The van der Waals surface area contributed by atoms with Crippen molar-refractivity contribution in [3.05, 3.63) is 60.7 Å². The average Bonchev–Trinajstić information content (AvgIpc) is 3.55. The van der Waals surface area contributed by atoms with Crippen LogP contribution in [0.1, 0.15) is 146 Å². The number of rotatable bonds is 20. The second-order valence-electron chi connectivity index (χ2n) is 18.3. The third kappa shape index (κ3) is 10.1. The second-order valence-corrected chi connectivity index (χ2v) is 18.3. The van der Waals surface area contributed by atoms with Crippen LogP contribution in [-0.2, 0) is 18.6 Å². The van der Waals surface area contributed by atoms with Gasteiger partial charge in [-0.2, -0.15) is 0 Å². The first-order valence-electron chi connectivity index (χ1n) is 22.2. The normalized spacial score (nSPS) is 18.0. The zero-order valence-corrected chi connectivity index (χ0v) is 37.2.